The van der Waals surface area contributed by atoms with Crippen molar-refractivity contribution in [3.63, 3.8) is 0 Å². The normalized spacial score (nSPS) is 21.8. The van der Waals surface area contributed by atoms with Crippen LogP contribution in [0.25, 0.3) is 11.2 Å². The minimum Gasteiger partial charge on any atom is -0.394 e. The molecule has 3 atom stereocenters. The summed E-state index contributed by atoms with van der Waals surface area (Å²) in [7, 11) is 0. The number of nitrogens with zero attached hydrogens (tertiary/aromatic N) is 5. The van der Waals surface area contributed by atoms with Crippen molar-refractivity contribution in [2.75, 3.05) is 24.7 Å². The first kappa shape index (κ1) is 25.8. The maximum absolute atomic E-state index is 10.2. The topological polar surface area (TPSA) is 132 Å². The molecular weight excluding hydrogens is 464 g/mol. The summed E-state index contributed by atoms with van der Waals surface area (Å²) >= 11 is 1.54. The first-order valence-electron chi connectivity index (χ1n) is 12.4. The van der Waals surface area contributed by atoms with Crippen molar-refractivity contribution in [2.45, 2.75) is 82.2 Å². The van der Waals surface area contributed by atoms with Crippen LogP contribution in [0.4, 0.5) is 5.82 Å². The first-order chi connectivity index (χ1) is 16.9. The highest BCUT2D eigenvalue weighted by Crippen LogP contribution is 2.40. The molecule has 2 saturated carbocycles. The van der Waals surface area contributed by atoms with Gasteiger partial charge in [0.1, 0.15) is 0 Å². The van der Waals surface area contributed by atoms with Gasteiger partial charge in [0.05, 0.1) is 31.5 Å². The lowest BCUT2D eigenvalue weighted by molar-refractivity contribution is -0.0303. The maximum Gasteiger partial charge on any atom is 0.191 e. The van der Waals surface area contributed by atoms with Gasteiger partial charge in [0, 0.05) is 5.75 Å². The quantitative estimate of drug-likeness (QED) is 0.314. The van der Waals surface area contributed by atoms with Crippen LogP contribution < -0.4 is 5.73 Å². The molecule has 2 aliphatic carbocycles. The minimum absolute atomic E-state index is 0.0675. The molecule has 0 spiro atoms. The van der Waals surface area contributed by atoms with E-state index in [0.29, 0.717) is 35.0 Å². The zero-order chi connectivity index (χ0) is 24.9. The van der Waals surface area contributed by atoms with Crippen molar-refractivity contribution in [3.05, 3.63) is 34.9 Å². The summed E-state index contributed by atoms with van der Waals surface area (Å²) in [6, 6.07) is 6.78. The number of fused-ring (bicyclic) bond motifs is 1. The molecule has 0 bridgehead atoms. The van der Waals surface area contributed by atoms with Gasteiger partial charge in [-0.05, 0) is 68.6 Å². The average Bonchev–Trinajstić information content (AvgIpc) is 3.50. The van der Waals surface area contributed by atoms with Gasteiger partial charge in [-0.15, -0.1) is 5.10 Å². The first-order valence-corrected chi connectivity index (χ1v) is 13.4. The summed E-state index contributed by atoms with van der Waals surface area (Å²) in [4.78, 5) is 8.80. The second kappa shape index (κ2) is 11.6. The van der Waals surface area contributed by atoms with Crippen LogP contribution in [0.1, 0.15) is 67.7 Å². The van der Waals surface area contributed by atoms with Gasteiger partial charge < -0.3 is 20.7 Å². The van der Waals surface area contributed by atoms with E-state index in [-0.39, 0.29) is 25.4 Å². The van der Waals surface area contributed by atoms with Crippen molar-refractivity contribution in [3.8, 4) is 0 Å². The zero-order valence-corrected chi connectivity index (χ0v) is 21.5. The molecule has 0 saturated heterocycles. The van der Waals surface area contributed by atoms with E-state index in [9.17, 15) is 5.11 Å². The number of hydrogen-bond donors (Lipinski definition) is 3. The number of thioether (sulfide) groups is 1. The number of aromatic nitrogens is 5. The molecule has 2 fully saturated rings. The molecule has 2 unspecified atom stereocenters. The molecule has 4 N–H and O–H groups in total. The Kier molecular flexibility index (Phi) is 8.59. The van der Waals surface area contributed by atoms with Gasteiger partial charge in [-0.3, -0.25) is 0 Å². The Labute approximate surface area is 210 Å². The Morgan fingerprint density at radius 2 is 1.97 bits per heavy atom. The minimum atomic E-state index is -0.603. The van der Waals surface area contributed by atoms with E-state index in [0.717, 1.165) is 18.1 Å². The van der Waals surface area contributed by atoms with Gasteiger partial charge in [0.25, 0.3) is 0 Å². The molecule has 0 radical (unpaired) electrons. The number of anilines is 1. The van der Waals surface area contributed by atoms with E-state index in [1.54, 1.807) is 22.0 Å². The van der Waals surface area contributed by atoms with Crippen LogP contribution >= 0.6 is 11.8 Å². The fourth-order valence-electron chi connectivity index (χ4n) is 4.30. The van der Waals surface area contributed by atoms with Gasteiger partial charge >= 0.3 is 0 Å². The van der Waals surface area contributed by atoms with E-state index >= 15 is 0 Å². The second-order valence-corrected chi connectivity index (χ2v) is 10.5. The third-order valence-corrected chi connectivity index (χ3v) is 7.61. The van der Waals surface area contributed by atoms with Crippen LogP contribution in [0, 0.1) is 13.8 Å². The van der Waals surface area contributed by atoms with E-state index < -0.39 is 6.10 Å². The van der Waals surface area contributed by atoms with Crippen molar-refractivity contribution in [1.29, 1.82) is 0 Å². The van der Waals surface area contributed by atoms with Crippen molar-refractivity contribution in [2.24, 2.45) is 0 Å². The van der Waals surface area contributed by atoms with Crippen LogP contribution in [0.5, 0.6) is 0 Å². The number of ether oxygens (including phenoxy) is 1. The number of hydrogen-bond acceptors (Lipinski definition) is 9. The third-order valence-electron chi connectivity index (χ3n) is 6.56. The summed E-state index contributed by atoms with van der Waals surface area (Å²) in [6.45, 7) is 6.60. The number of rotatable bonds is 8. The second-order valence-electron chi connectivity index (χ2n) is 9.39. The average molecular weight is 501 g/mol. The predicted molar refractivity (Wildman–Crippen MR) is 138 cm³/mol. The molecule has 0 aliphatic heterocycles. The van der Waals surface area contributed by atoms with Gasteiger partial charge in [0.2, 0.25) is 0 Å². The van der Waals surface area contributed by atoms with E-state index in [2.05, 4.69) is 59.3 Å². The molecule has 2 aliphatic rings. The van der Waals surface area contributed by atoms with Crippen molar-refractivity contribution < 1.29 is 14.9 Å². The molecule has 5 rings (SSSR count). The standard InChI is InChI=1S/C14H22N6O3S.C11H14/c1-2-5-24-14-16-12(15)11-13(17-14)20(19-18-11)8-6-9(22)10(7-8)23-4-3-21;1-8-3-4-11(7-9(8)2)10-5-6-10/h8-10,21-22H,2-7H2,1H3,(H2,15,16,17);3-4,7,10H,5-6H2,1-2H3/t8?,9-,10?;/m0./s1. The summed E-state index contributed by atoms with van der Waals surface area (Å²) in [5.41, 5.74) is 11.4. The van der Waals surface area contributed by atoms with Crippen LogP contribution in [-0.4, -0.2) is 66.3 Å². The number of benzene rings is 1. The Balaban J connectivity index is 0.000000218. The highest BCUT2D eigenvalue weighted by Gasteiger charge is 2.36. The lowest BCUT2D eigenvalue weighted by Crippen LogP contribution is -2.23. The van der Waals surface area contributed by atoms with Gasteiger partial charge in [-0.25, -0.2) is 14.6 Å². The number of aliphatic hydroxyl groups excluding tert-OH is 2. The monoisotopic (exact) mass is 500 g/mol. The molecule has 35 heavy (non-hydrogen) atoms. The fraction of sp³-hybridized carbons (Fsp3) is 0.600. The maximum atomic E-state index is 10.2. The summed E-state index contributed by atoms with van der Waals surface area (Å²) in [5, 5.41) is 27.9. The molecule has 1 aromatic carbocycles. The molecule has 2 heterocycles. The molecule has 0 amide bonds. The Bertz CT molecular complexity index is 1140. The largest absolute Gasteiger partial charge is 0.394 e. The third kappa shape index (κ3) is 6.30. The van der Waals surface area contributed by atoms with Crippen molar-refractivity contribution in [1.82, 2.24) is 25.0 Å². The number of nitrogen functional groups attached to an aromatic ring is 1. The molecule has 2 aromatic heterocycles. The number of nitrogens with two attached hydrogens (primary N) is 1. The van der Waals surface area contributed by atoms with Crippen LogP contribution in [-0.2, 0) is 4.74 Å². The molecule has 190 valence electrons. The lowest BCUT2D eigenvalue weighted by Gasteiger charge is -2.14. The number of aryl methyl sites for hydroxylation is 2. The molecule has 10 heteroatoms. The Hall–Kier alpha value is -2.27. The van der Waals surface area contributed by atoms with Gasteiger partial charge in [-0.2, -0.15) is 0 Å². The SMILES string of the molecule is CCCSc1nc(N)c2nnn(C3CC(OCCO)[C@@H](O)C3)c2n1.Cc1ccc(C2CC2)cc1C. The fourth-order valence-corrected chi connectivity index (χ4v) is 5.00. The zero-order valence-electron chi connectivity index (χ0n) is 20.7. The lowest BCUT2D eigenvalue weighted by atomic mass is 10.0. The van der Waals surface area contributed by atoms with E-state index in [1.165, 1.54) is 24.0 Å². The summed E-state index contributed by atoms with van der Waals surface area (Å²) in [6.07, 6.45) is 3.98. The Morgan fingerprint density at radius 3 is 2.66 bits per heavy atom. The predicted octanol–water partition coefficient (Wildman–Crippen LogP) is 3.56. The highest BCUT2D eigenvalue weighted by molar-refractivity contribution is 7.99. The summed E-state index contributed by atoms with van der Waals surface area (Å²) in [5.74, 6) is 2.12. The van der Waals surface area contributed by atoms with E-state index in [1.807, 2.05) is 0 Å². The molecule has 3 aromatic rings. The van der Waals surface area contributed by atoms with Gasteiger partial charge in [-0.1, -0.05) is 42.1 Å². The van der Waals surface area contributed by atoms with Crippen LogP contribution in [0.3, 0.4) is 0 Å². The summed E-state index contributed by atoms with van der Waals surface area (Å²) < 4.78 is 7.19. The number of aliphatic hydroxyl groups is 2. The molecular formula is C25H36N6O3S. The highest BCUT2D eigenvalue weighted by atomic mass is 32.2. The van der Waals surface area contributed by atoms with E-state index in [4.69, 9.17) is 15.6 Å². The van der Waals surface area contributed by atoms with Crippen molar-refractivity contribution >= 4 is 28.7 Å². The molecule has 9 nitrogen and oxygen atoms in total. The Morgan fingerprint density at radius 1 is 1.17 bits per heavy atom. The smallest absolute Gasteiger partial charge is 0.191 e. The van der Waals surface area contributed by atoms with Gasteiger partial charge in [0.15, 0.2) is 22.1 Å². The van der Waals surface area contributed by atoms with Crippen LogP contribution in [0.2, 0.25) is 0 Å². The van der Waals surface area contributed by atoms with Crippen LogP contribution in [0.15, 0.2) is 23.4 Å².